The number of benzene rings is 1. The molecule has 7 heteroatoms. The number of aromatic nitrogens is 2. The first kappa shape index (κ1) is 16.3. The van der Waals surface area contributed by atoms with Gasteiger partial charge in [0.05, 0.1) is 5.39 Å². The fraction of sp³-hybridized carbons (Fsp3) is 0.235. The molecule has 2 aromatic heterocycles. The van der Waals surface area contributed by atoms with Crippen LogP contribution in [0.3, 0.4) is 0 Å². The highest BCUT2D eigenvalue weighted by atomic mass is 32.1. The average Bonchev–Trinajstić information content (AvgIpc) is 2.82. The van der Waals surface area contributed by atoms with E-state index in [0.29, 0.717) is 11.6 Å². The van der Waals surface area contributed by atoms with Crippen LogP contribution in [0.2, 0.25) is 0 Å². The van der Waals surface area contributed by atoms with E-state index in [1.54, 1.807) is 31.0 Å². The van der Waals surface area contributed by atoms with Gasteiger partial charge in [0.1, 0.15) is 28.8 Å². The highest BCUT2D eigenvalue weighted by molar-refractivity contribution is 7.19. The van der Waals surface area contributed by atoms with Crippen LogP contribution in [0.15, 0.2) is 24.3 Å². The van der Waals surface area contributed by atoms with Crippen LogP contribution in [-0.4, -0.2) is 34.6 Å². The Morgan fingerprint density at radius 2 is 1.92 bits per heavy atom. The van der Waals surface area contributed by atoms with E-state index in [0.717, 1.165) is 26.2 Å². The molecule has 1 aromatic carbocycles. The quantitative estimate of drug-likeness (QED) is 0.782. The summed E-state index contributed by atoms with van der Waals surface area (Å²) in [7, 11) is 1.69. The Morgan fingerprint density at radius 1 is 1.25 bits per heavy atom. The zero-order valence-corrected chi connectivity index (χ0v) is 14.3. The lowest BCUT2D eigenvalue weighted by atomic mass is 10.0. The van der Waals surface area contributed by atoms with E-state index in [2.05, 4.69) is 9.97 Å². The number of halogens is 1. The molecule has 0 saturated heterocycles. The number of anilines is 1. The van der Waals surface area contributed by atoms with Gasteiger partial charge in [0.15, 0.2) is 0 Å². The summed E-state index contributed by atoms with van der Waals surface area (Å²) >= 11 is 1.52. The van der Waals surface area contributed by atoms with Crippen molar-refractivity contribution < 1.29 is 14.3 Å². The topological polar surface area (TPSA) is 66.3 Å². The Labute approximate surface area is 142 Å². The number of nitrogens with zero attached hydrogens (tertiary/aromatic N) is 3. The Kier molecular flexibility index (Phi) is 4.19. The summed E-state index contributed by atoms with van der Waals surface area (Å²) in [6, 6.07) is 6.25. The Bertz CT molecular complexity index is 922. The molecule has 0 aliphatic carbocycles. The standard InChI is InChI=1S/C17H16FN3O2S/c1-9-14(11-4-6-12(18)7-5-11)15-16(21(3)8-13(22)23)19-10(2)20-17(15)24-9/h4-7H,8H2,1-3H3,(H,22,23). The summed E-state index contributed by atoms with van der Waals surface area (Å²) in [4.78, 5) is 23.4. The smallest absolute Gasteiger partial charge is 0.323 e. The highest BCUT2D eigenvalue weighted by Crippen LogP contribution is 2.41. The highest BCUT2D eigenvalue weighted by Gasteiger charge is 2.20. The second-order valence-corrected chi connectivity index (χ2v) is 6.77. The molecule has 0 aliphatic heterocycles. The molecule has 0 amide bonds. The Balaban J connectivity index is 2.28. The van der Waals surface area contributed by atoms with Crippen molar-refractivity contribution in [2.45, 2.75) is 13.8 Å². The Hall–Kier alpha value is -2.54. The Morgan fingerprint density at radius 3 is 2.54 bits per heavy atom. The van der Waals surface area contributed by atoms with Gasteiger partial charge in [-0.25, -0.2) is 14.4 Å². The van der Waals surface area contributed by atoms with Crippen molar-refractivity contribution in [3.63, 3.8) is 0 Å². The molecule has 3 rings (SSSR count). The zero-order valence-electron chi connectivity index (χ0n) is 13.5. The number of likely N-dealkylation sites (N-methyl/N-ethyl adjacent to an activating group) is 1. The van der Waals surface area contributed by atoms with E-state index in [1.165, 1.54) is 23.5 Å². The molecular formula is C17H16FN3O2S. The molecule has 0 atom stereocenters. The van der Waals surface area contributed by atoms with Gasteiger partial charge >= 0.3 is 5.97 Å². The molecule has 2 heterocycles. The second-order valence-electron chi connectivity index (χ2n) is 5.56. The van der Waals surface area contributed by atoms with Gasteiger partial charge < -0.3 is 10.0 Å². The van der Waals surface area contributed by atoms with Crippen LogP contribution in [0.4, 0.5) is 10.2 Å². The predicted octanol–water partition coefficient (Wildman–Crippen LogP) is 3.64. The molecule has 0 bridgehead atoms. The number of aliphatic carboxylic acids is 1. The number of rotatable bonds is 4. The van der Waals surface area contributed by atoms with Gasteiger partial charge in [0.2, 0.25) is 0 Å². The number of fused-ring (bicyclic) bond motifs is 1. The third-order valence-corrected chi connectivity index (χ3v) is 4.69. The van der Waals surface area contributed by atoms with Crippen molar-refractivity contribution in [2.75, 3.05) is 18.5 Å². The van der Waals surface area contributed by atoms with Gasteiger partial charge in [0.25, 0.3) is 0 Å². The van der Waals surface area contributed by atoms with Gasteiger partial charge in [-0.1, -0.05) is 12.1 Å². The van der Waals surface area contributed by atoms with Crippen LogP contribution >= 0.6 is 11.3 Å². The molecule has 0 radical (unpaired) electrons. The zero-order chi connectivity index (χ0) is 17.4. The van der Waals surface area contributed by atoms with Crippen LogP contribution in [-0.2, 0) is 4.79 Å². The fourth-order valence-corrected chi connectivity index (χ4v) is 3.80. The number of carbonyl (C=O) groups is 1. The largest absolute Gasteiger partial charge is 0.480 e. The molecule has 124 valence electrons. The number of thiophene rings is 1. The minimum atomic E-state index is -0.933. The molecule has 5 nitrogen and oxygen atoms in total. The SMILES string of the molecule is Cc1nc(N(C)CC(=O)O)c2c(-c3ccc(F)cc3)c(C)sc2n1. The monoisotopic (exact) mass is 345 g/mol. The molecular weight excluding hydrogens is 329 g/mol. The van der Waals surface area contributed by atoms with Crippen LogP contribution < -0.4 is 4.90 Å². The van der Waals surface area contributed by atoms with Crippen LogP contribution in [0.1, 0.15) is 10.7 Å². The van der Waals surface area contributed by atoms with Gasteiger partial charge in [-0.15, -0.1) is 11.3 Å². The van der Waals surface area contributed by atoms with E-state index in [4.69, 9.17) is 5.11 Å². The summed E-state index contributed by atoms with van der Waals surface area (Å²) < 4.78 is 13.3. The number of carboxylic acids is 1. The molecule has 0 saturated carbocycles. The second kappa shape index (κ2) is 6.16. The minimum absolute atomic E-state index is 0.163. The van der Waals surface area contributed by atoms with E-state index in [1.807, 2.05) is 6.92 Å². The first-order valence-corrected chi connectivity index (χ1v) is 8.15. The average molecular weight is 345 g/mol. The fourth-order valence-electron chi connectivity index (χ4n) is 2.72. The number of hydrogen-bond donors (Lipinski definition) is 1. The third-order valence-electron chi connectivity index (χ3n) is 3.69. The predicted molar refractivity (Wildman–Crippen MR) is 93.2 cm³/mol. The minimum Gasteiger partial charge on any atom is -0.480 e. The molecule has 1 N–H and O–H groups in total. The summed E-state index contributed by atoms with van der Waals surface area (Å²) in [6.45, 7) is 3.59. The van der Waals surface area contributed by atoms with Crippen molar-refractivity contribution in [2.24, 2.45) is 0 Å². The van der Waals surface area contributed by atoms with E-state index in [9.17, 15) is 9.18 Å². The molecule has 0 spiro atoms. The summed E-state index contributed by atoms with van der Waals surface area (Å²) in [6.07, 6.45) is 0. The maximum Gasteiger partial charge on any atom is 0.323 e. The van der Waals surface area contributed by atoms with Gasteiger partial charge in [-0.2, -0.15) is 0 Å². The van der Waals surface area contributed by atoms with Crippen LogP contribution in [0.5, 0.6) is 0 Å². The summed E-state index contributed by atoms with van der Waals surface area (Å²) in [5.74, 6) is -0.0753. The van der Waals surface area contributed by atoms with E-state index >= 15 is 0 Å². The molecule has 3 aromatic rings. The molecule has 0 fully saturated rings. The number of carboxylic acid groups (broad SMARTS) is 1. The lowest BCUT2D eigenvalue weighted by Gasteiger charge is -2.18. The normalized spacial score (nSPS) is 11.0. The van der Waals surface area contributed by atoms with Crippen molar-refractivity contribution in [1.82, 2.24) is 9.97 Å². The summed E-state index contributed by atoms with van der Waals surface area (Å²) in [5, 5.41) is 9.89. The number of aryl methyl sites for hydroxylation is 2. The lowest BCUT2D eigenvalue weighted by molar-refractivity contribution is -0.135. The third kappa shape index (κ3) is 2.94. The number of hydrogen-bond acceptors (Lipinski definition) is 5. The van der Waals surface area contributed by atoms with Crippen molar-refractivity contribution in [3.8, 4) is 11.1 Å². The first-order chi connectivity index (χ1) is 11.4. The van der Waals surface area contributed by atoms with E-state index in [-0.39, 0.29) is 12.4 Å². The van der Waals surface area contributed by atoms with Crippen molar-refractivity contribution in [1.29, 1.82) is 0 Å². The maximum absolute atomic E-state index is 13.3. The van der Waals surface area contributed by atoms with Crippen molar-refractivity contribution in [3.05, 3.63) is 40.8 Å². The first-order valence-electron chi connectivity index (χ1n) is 7.33. The lowest BCUT2D eigenvalue weighted by Crippen LogP contribution is -2.26. The van der Waals surface area contributed by atoms with Crippen LogP contribution in [0.25, 0.3) is 21.3 Å². The van der Waals surface area contributed by atoms with Crippen molar-refractivity contribution >= 4 is 33.3 Å². The molecule has 0 unspecified atom stereocenters. The summed E-state index contributed by atoms with van der Waals surface area (Å²) in [5.41, 5.74) is 1.78. The van der Waals surface area contributed by atoms with Gasteiger partial charge in [-0.05, 0) is 31.5 Å². The van der Waals surface area contributed by atoms with E-state index < -0.39 is 5.97 Å². The molecule has 0 aliphatic rings. The van der Waals surface area contributed by atoms with Gasteiger partial charge in [-0.3, -0.25) is 4.79 Å². The van der Waals surface area contributed by atoms with Crippen LogP contribution in [0, 0.1) is 19.7 Å². The molecule has 24 heavy (non-hydrogen) atoms. The maximum atomic E-state index is 13.3. The van der Waals surface area contributed by atoms with Gasteiger partial charge in [0, 0.05) is 17.5 Å².